The van der Waals surface area contributed by atoms with Gasteiger partial charge in [0.25, 0.3) is 0 Å². The molecule has 0 aliphatic heterocycles. The molecule has 0 bridgehead atoms. The van der Waals surface area contributed by atoms with Crippen molar-refractivity contribution < 1.29 is 12.8 Å². The van der Waals surface area contributed by atoms with Gasteiger partial charge in [-0.3, -0.25) is 0 Å². The average molecular weight is 381 g/mol. The molecule has 0 aliphatic rings. The first-order valence-corrected chi connectivity index (χ1v) is 9.59. The Balaban J connectivity index is 2.80. The number of halogens is 1. The molecule has 1 rings (SSSR count). The van der Waals surface area contributed by atoms with Crippen LogP contribution in [0.3, 0.4) is 0 Å². The molecule has 0 radical (unpaired) electrons. The van der Waals surface area contributed by atoms with Gasteiger partial charge in [0, 0.05) is 12.1 Å². The minimum atomic E-state index is -3.57. The normalized spacial score (nSPS) is 15.1. The van der Waals surface area contributed by atoms with E-state index in [-0.39, 0.29) is 15.6 Å². The van der Waals surface area contributed by atoms with Crippen molar-refractivity contribution in [3.8, 4) is 0 Å². The molecule has 0 saturated heterocycles. The van der Waals surface area contributed by atoms with Gasteiger partial charge in [-0.25, -0.2) is 13.1 Å². The van der Waals surface area contributed by atoms with Crippen molar-refractivity contribution in [1.82, 2.24) is 10.0 Å². The molecule has 21 heavy (non-hydrogen) atoms. The lowest BCUT2D eigenvalue weighted by molar-refractivity contribution is 0.444. The summed E-state index contributed by atoms with van der Waals surface area (Å²) in [5.41, 5.74) is 0. The molecular weight excluding hydrogens is 356 g/mol. The van der Waals surface area contributed by atoms with Crippen LogP contribution in [0.2, 0.25) is 0 Å². The smallest absolute Gasteiger partial charge is 0.245 e. The summed E-state index contributed by atoms with van der Waals surface area (Å²) in [6.45, 7) is 9.39. The van der Waals surface area contributed by atoms with Gasteiger partial charge in [-0.2, -0.15) is 0 Å². The van der Waals surface area contributed by atoms with Gasteiger partial charge in [0.05, 0.1) is 6.54 Å². The number of nitrogens with one attached hydrogen (secondary N) is 2. The van der Waals surface area contributed by atoms with Gasteiger partial charge in [-0.1, -0.05) is 27.2 Å². The predicted octanol–water partition coefficient (Wildman–Crippen LogP) is 3.25. The molecule has 2 unspecified atom stereocenters. The van der Waals surface area contributed by atoms with Crippen LogP contribution in [0.4, 0.5) is 0 Å². The van der Waals surface area contributed by atoms with Crippen LogP contribution in [-0.4, -0.2) is 21.0 Å². The average Bonchev–Trinajstić information content (AvgIpc) is 2.77. The molecule has 0 saturated carbocycles. The highest BCUT2D eigenvalue weighted by Gasteiger charge is 2.24. The molecule has 0 aromatic carbocycles. The van der Waals surface area contributed by atoms with Crippen molar-refractivity contribution in [3.05, 3.63) is 16.5 Å². The minimum absolute atomic E-state index is 0.107. The van der Waals surface area contributed by atoms with E-state index >= 15 is 0 Å². The fourth-order valence-corrected chi connectivity index (χ4v) is 4.32. The summed E-state index contributed by atoms with van der Waals surface area (Å²) < 4.78 is 33.2. The summed E-state index contributed by atoms with van der Waals surface area (Å²) in [4.78, 5) is 0.159. The zero-order valence-electron chi connectivity index (χ0n) is 13.1. The number of furan rings is 1. The lowest BCUT2D eigenvalue weighted by atomic mass is 10.0. The standard InChI is InChI=1S/C14H25BrN2O3S/c1-5-10(3)7-11(4)17-21(18,19)13-8-12(9-16-6-2)20-14(13)15/h8,10-11,16-17H,5-7,9H2,1-4H3. The molecule has 5 nitrogen and oxygen atoms in total. The van der Waals surface area contributed by atoms with Crippen LogP contribution in [-0.2, 0) is 16.6 Å². The quantitative estimate of drug-likeness (QED) is 0.689. The van der Waals surface area contributed by atoms with Gasteiger partial charge in [-0.15, -0.1) is 0 Å². The third kappa shape index (κ3) is 5.73. The van der Waals surface area contributed by atoms with E-state index in [4.69, 9.17) is 4.42 Å². The molecular formula is C14H25BrN2O3S. The van der Waals surface area contributed by atoms with Gasteiger partial charge >= 0.3 is 0 Å². The Bertz CT molecular complexity index is 542. The van der Waals surface area contributed by atoms with Gasteiger partial charge in [0.2, 0.25) is 10.0 Å². The molecule has 1 heterocycles. The number of hydrogen-bond acceptors (Lipinski definition) is 4. The largest absolute Gasteiger partial charge is 0.452 e. The summed E-state index contributed by atoms with van der Waals surface area (Å²) in [5.74, 6) is 1.08. The molecule has 1 aromatic rings. The third-order valence-corrected chi connectivity index (χ3v) is 5.80. The summed E-state index contributed by atoms with van der Waals surface area (Å²) in [7, 11) is -3.57. The number of hydrogen-bond donors (Lipinski definition) is 2. The fraction of sp³-hybridized carbons (Fsp3) is 0.714. The molecule has 2 N–H and O–H groups in total. The lowest BCUT2D eigenvalue weighted by Gasteiger charge is -2.17. The van der Waals surface area contributed by atoms with Crippen molar-refractivity contribution in [2.75, 3.05) is 6.54 Å². The van der Waals surface area contributed by atoms with Crippen molar-refractivity contribution in [3.63, 3.8) is 0 Å². The van der Waals surface area contributed by atoms with Crippen molar-refractivity contribution in [2.45, 2.75) is 58.0 Å². The molecule has 0 amide bonds. The molecule has 122 valence electrons. The van der Waals surface area contributed by atoms with E-state index < -0.39 is 10.0 Å². The Hall–Kier alpha value is -0.370. The summed E-state index contributed by atoms with van der Waals surface area (Å²) in [5, 5.41) is 3.10. The highest BCUT2D eigenvalue weighted by Crippen LogP contribution is 2.26. The van der Waals surface area contributed by atoms with Crippen LogP contribution in [0.1, 0.15) is 46.3 Å². The van der Waals surface area contributed by atoms with Crippen LogP contribution >= 0.6 is 15.9 Å². The SMILES string of the molecule is CCNCc1cc(S(=O)(=O)NC(C)CC(C)CC)c(Br)o1. The van der Waals surface area contributed by atoms with Crippen LogP contribution < -0.4 is 10.0 Å². The maximum atomic E-state index is 12.4. The monoisotopic (exact) mass is 380 g/mol. The lowest BCUT2D eigenvalue weighted by Crippen LogP contribution is -2.33. The Morgan fingerprint density at radius 2 is 2.00 bits per heavy atom. The van der Waals surface area contributed by atoms with E-state index in [1.54, 1.807) is 6.07 Å². The first kappa shape index (κ1) is 18.7. The van der Waals surface area contributed by atoms with E-state index in [1.807, 2.05) is 13.8 Å². The zero-order valence-corrected chi connectivity index (χ0v) is 15.5. The summed E-state index contributed by atoms with van der Waals surface area (Å²) in [6, 6.07) is 1.45. The molecule has 1 aromatic heterocycles. The van der Waals surface area contributed by atoms with Crippen LogP contribution in [0.5, 0.6) is 0 Å². The van der Waals surface area contributed by atoms with E-state index in [2.05, 4.69) is 39.8 Å². The number of rotatable bonds is 9. The Morgan fingerprint density at radius 1 is 1.33 bits per heavy atom. The number of sulfonamides is 1. The molecule has 0 spiro atoms. The Kier molecular flexibility index (Phi) is 7.39. The molecule has 7 heteroatoms. The van der Waals surface area contributed by atoms with Gasteiger partial charge in [0.15, 0.2) is 4.67 Å². The van der Waals surface area contributed by atoms with E-state index in [0.717, 1.165) is 19.4 Å². The molecule has 0 aliphatic carbocycles. The topological polar surface area (TPSA) is 71.3 Å². The van der Waals surface area contributed by atoms with Gasteiger partial charge < -0.3 is 9.73 Å². The molecule has 0 fully saturated rings. The van der Waals surface area contributed by atoms with Crippen molar-refractivity contribution in [2.24, 2.45) is 5.92 Å². The predicted molar refractivity (Wildman–Crippen MR) is 87.6 cm³/mol. The summed E-state index contributed by atoms with van der Waals surface area (Å²) in [6.07, 6.45) is 1.85. The minimum Gasteiger partial charge on any atom is -0.452 e. The first-order valence-electron chi connectivity index (χ1n) is 7.31. The van der Waals surface area contributed by atoms with Gasteiger partial charge in [-0.05, 0) is 41.7 Å². The second-order valence-corrected chi connectivity index (χ2v) is 7.81. The van der Waals surface area contributed by atoms with E-state index in [0.29, 0.717) is 18.2 Å². The van der Waals surface area contributed by atoms with Crippen LogP contribution in [0.25, 0.3) is 0 Å². The molecule has 2 atom stereocenters. The van der Waals surface area contributed by atoms with E-state index in [9.17, 15) is 8.42 Å². The van der Waals surface area contributed by atoms with E-state index in [1.165, 1.54) is 0 Å². The highest BCUT2D eigenvalue weighted by molar-refractivity contribution is 9.10. The summed E-state index contributed by atoms with van der Waals surface area (Å²) >= 11 is 3.19. The second-order valence-electron chi connectivity index (χ2n) is 5.40. The first-order chi connectivity index (χ1) is 9.80. The van der Waals surface area contributed by atoms with Crippen molar-refractivity contribution in [1.29, 1.82) is 0 Å². The maximum absolute atomic E-state index is 12.4. The van der Waals surface area contributed by atoms with Crippen molar-refractivity contribution >= 4 is 26.0 Å². The second kappa shape index (κ2) is 8.31. The zero-order chi connectivity index (χ0) is 16.0. The van der Waals surface area contributed by atoms with Crippen LogP contribution in [0.15, 0.2) is 20.0 Å². The van der Waals surface area contributed by atoms with Gasteiger partial charge in [0.1, 0.15) is 10.7 Å². The van der Waals surface area contributed by atoms with Crippen LogP contribution in [0, 0.1) is 5.92 Å². The maximum Gasteiger partial charge on any atom is 0.245 e. The third-order valence-electron chi connectivity index (χ3n) is 3.35. The Morgan fingerprint density at radius 3 is 2.57 bits per heavy atom. The fourth-order valence-electron chi connectivity index (χ4n) is 2.06. The Labute approximate surface area is 136 Å². The highest BCUT2D eigenvalue weighted by atomic mass is 79.9.